The molecule has 0 aliphatic carbocycles. The van der Waals surface area contributed by atoms with E-state index in [0.29, 0.717) is 21.5 Å². The van der Waals surface area contributed by atoms with Gasteiger partial charge in [0.15, 0.2) is 11.5 Å². The van der Waals surface area contributed by atoms with E-state index in [-0.39, 0.29) is 12.4 Å². The number of hydrogen-bond donors (Lipinski definition) is 1. The first kappa shape index (κ1) is 12.4. The predicted octanol–water partition coefficient (Wildman–Crippen LogP) is 3.40. The molecule has 1 unspecified atom stereocenters. The Morgan fingerprint density at radius 2 is 1.95 bits per heavy atom. The van der Waals surface area contributed by atoms with Crippen molar-refractivity contribution in [2.24, 2.45) is 0 Å². The lowest BCUT2D eigenvalue weighted by atomic mass is 10.0. The zero-order valence-electron chi connectivity index (χ0n) is 9.77. The fraction of sp³-hybridized carbons (Fsp3) is 0.143. The smallest absolute Gasteiger partial charge is 0.231 e. The van der Waals surface area contributed by atoms with Crippen LogP contribution in [0.3, 0.4) is 0 Å². The minimum absolute atomic E-state index is 0.167. The van der Waals surface area contributed by atoms with Crippen molar-refractivity contribution in [3.63, 3.8) is 0 Å². The highest BCUT2D eigenvalue weighted by Gasteiger charge is 2.20. The summed E-state index contributed by atoms with van der Waals surface area (Å²) in [6, 6.07) is 9.88. The SMILES string of the molecule is OC(c1ccc2c(c1)OCO2)c1cccc(Br)c1F. The van der Waals surface area contributed by atoms with E-state index in [2.05, 4.69) is 15.9 Å². The largest absolute Gasteiger partial charge is 0.454 e. The minimum atomic E-state index is -1.05. The molecule has 0 aromatic heterocycles. The van der Waals surface area contributed by atoms with Gasteiger partial charge in [0.05, 0.1) is 4.47 Å². The summed E-state index contributed by atoms with van der Waals surface area (Å²) in [6.45, 7) is 0.167. The molecular formula is C14H10BrFO3. The highest BCUT2D eigenvalue weighted by Crippen LogP contribution is 2.36. The molecule has 3 nitrogen and oxygen atoms in total. The molecule has 1 N–H and O–H groups in total. The molecule has 0 spiro atoms. The van der Waals surface area contributed by atoms with Crippen LogP contribution in [0, 0.1) is 5.82 Å². The third kappa shape index (κ3) is 2.19. The average molecular weight is 325 g/mol. The monoisotopic (exact) mass is 324 g/mol. The van der Waals surface area contributed by atoms with Gasteiger partial charge < -0.3 is 14.6 Å². The summed E-state index contributed by atoms with van der Waals surface area (Å²) in [5, 5.41) is 10.3. The van der Waals surface area contributed by atoms with E-state index >= 15 is 0 Å². The maximum absolute atomic E-state index is 13.9. The number of fused-ring (bicyclic) bond motifs is 1. The van der Waals surface area contributed by atoms with E-state index in [1.54, 1.807) is 36.4 Å². The van der Waals surface area contributed by atoms with E-state index in [0.717, 1.165) is 0 Å². The van der Waals surface area contributed by atoms with Crippen LogP contribution in [-0.2, 0) is 0 Å². The lowest BCUT2D eigenvalue weighted by molar-refractivity contribution is 0.173. The van der Waals surface area contributed by atoms with Gasteiger partial charge in [-0.1, -0.05) is 18.2 Å². The molecule has 1 aliphatic rings. The third-order valence-electron chi connectivity index (χ3n) is 2.99. The van der Waals surface area contributed by atoms with Crippen molar-refractivity contribution in [2.75, 3.05) is 6.79 Å². The van der Waals surface area contributed by atoms with E-state index < -0.39 is 11.9 Å². The molecular weight excluding hydrogens is 315 g/mol. The molecule has 19 heavy (non-hydrogen) atoms. The number of aliphatic hydroxyl groups is 1. The van der Waals surface area contributed by atoms with Crippen LogP contribution in [0.2, 0.25) is 0 Å². The second kappa shape index (κ2) is 4.83. The number of halogens is 2. The van der Waals surface area contributed by atoms with Crippen molar-refractivity contribution in [3.05, 3.63) is 57.8 Å². The topological polar surface area (TPSA) is 38.7 Å². The second-order valence-corrected chi connectivity index (χ2v) is 5.01. The van der Waals surface area contributed by atoms with Crippen molar-refractivity contribution in [3.8, 4) is 11.5 Å². The lowest BCUT2D eigenvalue weighted by Crippen LogP contribution is -2.03. The summed E-state index contributed by atoms with van der Waals surface area (Å²) in [6.07, 6.45) is -1.05. The predicted molar refractivity (Wildman–Crippen MR) is 70.7 cm³/mol. The summed E-state index contributed by atoms with van der Waals surface area (Å²) in [4.78, 5) is 0. The first-order chi connectivity index (χ1) is 9.16. The number of ether oxygens (including phenoxy) is 2. The second-order valence-electron chi connectivity index (χ2n) is 4.16. The summed E-state index contributed by atoms with van der Waals surface area (Å²) >= 11 is 3.11. The van der Waals surface area contributed by atoms with Gasteiger partial charge in [-0.05, 0) is 39.7 Å². The quantitative estimate of drug-likeness (QED) is 0.920. The van der Waals surface area contributed by atoms with Crippen LogP contribution >= 0.6 is 15.9 Å². The Bertz CT molecular complexity index is 630. The minimum Gasteiger partial charge on any atom is -0.454 e. The van der Waals surface area contributed by atoms with Gasteiger partial charge in [-0.15, -0.1) is 0 Å². The zero-order valence-corrected chi connectivity index (χ0v) is 11.4. The molecule has 0 saturated carbocycles. The first-order valence-corrected chi connectivity index (χ1v) is 6.47. The zero-order chi connectivity index (χ0) is 13.4. The van der Waals surface area contributed by atoms with Crippen LogP contribution in [-0.4, -0.2) is 11.9 Å². The van der Waals surface area contributed by atoms with Crippen LogP contribution < -0.4 is 9.47 Å². The van der Waals surface area contributed by atoms with E-state index in [1.165, 1.54) is 0 Å². The van der Waals surface area contributed by atoms with Gasteiger partial charge >= 0.3 is 0 Å². The molecule has 0 fully saturated rings. The van der Waals surface area contributed by atoms with Gasteiger partial charge in [0.1, 0.15) is 11.9 Å². The molecule has 0 radical (unpaired) electrons. The van der Waals surface area contributed by atoms with Gasteiger partial charge in [0, 0.05) is 5.56 Å². The molecule has 2 aromatic rings. The number of aliphatic hydroxyl groups excluding tert-OH is 1. The number of hydrogen-bond acceptors (Lipinski definition) is 3. The Morgan fingerprint density at radius 1 is 1.16 bits per heavy atom. The Labute approximate surface area is 117 Å². The summed E-state index contributed by atoms with van der Waals surface area (Å²) in [5.74, 6) is 0.727. The number of benzene rings is 2. The van der Waals surface area contributed by atoms with Crippen LogP contribution in [0.25, 0.3) is 0 Å². The Hall–Kier alpha value is -1.59. The van der Waals surface area contributed by atoms with Gasteiger partial charge in [-0.2, -0.15) is 0 Å². The fourth-order valence-corrected chi connectivity index (χ4v) is 2.38. The molecule has 0 saturated heterocycles. The highest BCUT2D eigenvalue weighted by molar-refractivity contribution is 9.10. The first-order valence-electron chi connectivity index (χ1n) is 5.68. The van der Waals surface area contributed by atoms with Crippen molar-refractivity contribution < 1.29 is 19.0 Å². The number of rotatable bonds is 2. The van der Waals surface area contributed by atoms with Crippen molar-refractivity contribution >= 4 is 15.9 Å². The molecule has 0 bridgehead atoms. The molecule has 1 atom stereocenters. The maximum Gasteiger partial charge on any atom is 0.231 e. The average Bonchev–Trinajstić information content (AvgIpc) is 2.88. The van der Waals surface area contributed by atoms with Crippen molar-refractivity contribution in [1.29, 1.82) is 0 Å². The molecule has 1 aliphatic heterocycles. The Kier molecular flexibility index (Phi) is 3.16. The van der Waals surface area contributed by atoms with Crippen molar-refractivity contribution in [1.82, 2.24) is 0 Å². The molecule has 1 heterocycles. The van der Waals surface area contributed by atoms with E-state index in [9.17, 15) is 9.50 Å². The van der Waals surface area contributed by atoms with Gasteiger partial charge in [-0.3, -0.25) is 0 Å². The maximum atomic E-state index is 13.9. The van der Waals surface area contributed by atoms with Crippen LogP contribution in [0.5, 0.6) is 11.5 Å². The summed E-state index contributed by atoms with van der Waals surface area (Å²) < 4.78 is 24.7. The lowest BCUT2D eigenvalue weighted by Gasteiger charge is -2.13. The third-order valence-corrected chi connectivity index (χ3v) is 3.60. The molecule has 98 valence electrons. The highest BCUT2D eigenvalue weighted by atomic mass is 79.9. The standard InChI is InChI=1S/C14H10BrFO3/c15-10-3-1-2-9(13(10)16)14(17)8-4-5-11-12(6-8)19-7-18-11/h1-6,14,17H,7H2. The summed E-state index contributed by atoms with van der Waals surface area (Å²) in [5.41, 5.74) is 0.773. The van der Waals surface area contributed by atoms with Gasteiger partial charge in [0.25, 0.3) is 0 Å². The summed E-state index contributed by atoms with van der Waals surface area (Å²) in [7, 11) is 0. The van der Waals surface area contributed by atoms with E-state index in [1.807, 2.05) is 0 Å². The van der Waals surface area contributed by atoms with Gasteiger partial charge in [-0.25, -0.2) is 4.39 Å². The Balaban J connectivity index is 2.00. The van der Waals surface area contributed by atoms with Crippen LogP contribution in [0.15, 0.2) is 40.9 Å². The fourth-order valence-electron chi connectivity index (χ4n) is 1.99. The molecule has 2 aromatic carbocycles. The van der Waals surface area contributed by atoms with Gasteiger partial charge in [0.2, 0.25) is 6.79 Å². The molecule has 0 amide bonds. The van der Waals surface area contributed by atoms with Crippen LogP contribution in [0.1, 0.15) is 17.2 Å². The van der Waals surface area contributed by atoms with Crippen molar-refractivity contribution in [2.45, 2.75) is 6.10 Å². The Morgan fingerprint density at radius 3 is 2.79 bits per heavy atom. The molecule has 5 heteroatoms. The normalized spacial score (nSPS) is 14.5. The molecule has 3 rings (SSSR count). The van der Waals surface area contributed by atoms with E-state index in [4.69, 9.17) is 9.47 Å². The van der Waals surface area contributed by atoms with Crippen LogP contribution in [0.4, 0.5) is 4.39 Å².